The highest BCUT2D eigenvalue weighted by molar-refractivity contribution is 5.99. The molecule has 0 spiro atoms. The Balaban J connectivity index is 3.17. The molecule has 2 N–H and O–H groups in total. The number of nitrogens with two attached hydrogens (primary N) is 1. The standard InChI is InChI=1S/C5H5N5O2/c1-2-3(4(6)12-9-2)5(11)8-10-7/h6H2,1H3. The summed E-state index contributed by atoms with van der Waals surface area (Å²) in [6.07, 6.45) is 0. The maximum atomic E-state index is 10.9. The highest BCUT2D eigenvalue weighted by Gasteiger charge is 2.16. The van der Waals surface area contributed by atoms with Gasteiger partial charge in [0.1, 0.15) is 5.56 Å². The van der Waals surface area contributed by atoms with Gasteiger partial charge in [-0.1, -0.05) is 5.16 Å². The van der Waals surface area contributed by atoms with E-state index in [0.717, 1.165) is 0 Å². The highest BCUT2D eigenvalue weighted by Crippen LogP contribution is 2.16. The Morgan fingerprint density at radius 1 is 1.83 bits per heavy atom. The van der Waals surface area contributed by atoms with Crippen LogP contribution in [0.5, 0.6) is 0 Å². The van der Waals surface area contributed by atoms with Gasteiger partial charge in [0.05, 0.1) is 5.69 Å². The lowest BCUT2D eigenvalue weighted by molar-refractivity contribution is 0.100. The molecule has 1 aromatic heterocycles. The third kappa shape index (κ3) is 1.21. The van der Waals surface area contributed by atoms with Crippen LogP contribution in [0.3, 0.4) is 0 Å². The summed E-state index contributed by atoms with van der Waals surface area (Å²) in [5, 5.41) is 6.27. The molecule has 1 heterocycles. The van der Waals surface area contributed by atoms with Crippen LogP contribution in [0, 0.1) is 6.92 Å². The predicted molar refractivity (Wildman–Crippen MR) is 39.1 cm³/mol. The number of nitrogens with zero attached hydrogens (tertiary/aromatic N) is 4. The van der Waals surface area contributed by atoms with Crippen molar-refractivity contribution in [2.24, 2.45) is 5.11 Å². The van der Waals surface area contributed by atoms with Crippen molar-refractivity contribution >= 4 is 11.8 Å². The minimum Gasteiger partial charge on any atom is -0.367 e. The first kappa shape index (κ1) is 8.09. The molecule has 0 fully saturated rings. The first-order chi connectivity index (χ1) is 5.66. The SMILES string of the molecule is Cc1noc(N)c1C(=O)N=[N+]=[N-]. The first-order valence-corrected chi connectivity index (χ1v) is 2.98. The predicted octanol–water partition coefficient (Wildman–Crippen LogP) is 1.02. The quantitative estimate of drug-likeness (QED) is 0.381. The molecule has 7 nitrogen and oxygen atoms in total. The van der Waals surface area contributed by atoms with Crippen LogP contribution in [0.4, 0.5) is 5.88 Å². The number of nitrogen functional groups attached to an aromatic ring is 1. The van der Waals surface area contributed by atoms with Crippen LogP contribution in [0.1, 0.15) is 16.1 Å². The van der Waals surface area contributed by atoms with Gasteiger partial charge in [-0.3, -0.25) is 4.79 Å². The highest BCUT2D eigenvalue weighted by atomic mass is 16.5. The zero-order valence-corrected chi connectivity index (χ0v) is 6.18. The molecule has 7 heteroatoms. The minimum atomic E-state index is -0.784. The summed E-state index contributed by atoms with van der Waals surface area (Å²) in [5.41, 5.74) is 13.5. The van der Waals surface area contributed by atoms with E-state index < -0.39 is 5.91 Å². The van der Waals surface area contributed by atoms with Gasteiger partial charge in [-0.25, -0.2) is 0 Å². The van der Waals surface area contributed by atoms with Crippen molar-refractivity contribution in [2.75, 3.05) is 5.73 Å². The number of rotatable bonds is 1. The van der Waals surface area contributed by atoms with Crippen molar-refractivity contribution in [3.05, 3.63) is 21.7 Å². The van der Waals surface area contributed by atoms with E-state index in [0.29, 0.717) is 5.69 Å². The molecule has 1 aromatic rings. The number of hydrogen-bond donors (Lipinski definition) is 1. The number of amides is 1. The second-order valence-corrected chi connectivity index (χ2v) is 2.00. The Morgan fingerprint density at radius 2 is 2.50 bits per heavy atom. The van der Waals surface area contributed by atoms with Crippen molar-refractivity contribution in [2.45, 2.75) is 6.92 Å². The number of azide groups is 1. The van der Waals surface area contributed by atoms with E-state index in [1.165, 1.54) is 6.92 Å². The van der Waals surface area contributed by atoms with E-state index in [1.54, 1.807) is 0 Å². The molecule has 0 aliphatic heterocycles. The molecular formula is C5H5N5O2. The zero-order chi connectivity index (χ0) is 9.14. The molecule has 62 valence electrons. The Hall–Kier alpha value is -2.01. The molecule has 0 aromatic carbocycles. The van der Waals surface area contributed by atoms with Crippen LogP contribution in [0.25, 0.3) is 10.4 Å². The van der Waals surface area contributed by atoms with E-state index in [4.69, 9.17) is 11.3 Å². The summed E-state index contributed by atoms with van der Waals surface area (Å²) in [6.45, 7) is 1.53. The molecule has 0 radical (unpaired) electrons. The molecule has 0 unspecified atom stereocenters. The molecule has 1 rings (SSSR count). The largest absolute Gasteiger partial charge is 0.367 e. The smallest absolute Gasteiger partial charge is 0.256 e. The minimum absolute atomic E-state index is 0.0211. The van der Waals surface area contributed by atoms with Gasteiger partial charge in [-0.05, 0) is 17.6 Å². The van der Waals surface area contributed by atoms with Gasteiger partial charge >= 0.3 is 0 Å². The molecule has 0 saturated carbocycles. The summed E-state index contributed by atoms with van der Waals surface area (Å²) in [5.74, 6) is -0.918. The summed E-state index contributed by atoms with van der Waals surface area (Å²) >= 11 is 0. The van der Waals surface area contributed by atoms with Gasteiger partial charge in [0.2, 0.25) is 5.88 Å². The van der Waals surface area contributed by atoms with Crippen LogP contribution in [-0.4, -0.2) is 11.1 Å². The topological polar surface area (TPSA) is 118 Å². The fourth-order valence-electron chi connectivity index (χ4n) is 0.738. The second-order valence-electron chi connectivity index (χ2n) is 2.00. The third-order valence-corrected chi connectivity index (χ3v) is 1.24. The average molecular weight is 167 g/mol. The van der Waals surface area contributed by atoms with Crippen LogP contribution >= 0.6 is 0 Å². The van der Waals surface area contributed by atoms with Crippen LogP contribution in [0.15, 0.2) is 9.64 Å². The van der Waals surface area contributed by atoms with E-state index in [9.17, 15) is 4.79 Å². The van der Waals surface area contributed by atoms with Gasteiger partial charge in [0, 0.05) is 4.91 Å². The number of anilines is 1. The van der Waals surface area contributed by atoms with Crippen molar-refractivity contribution in [1.82, 2.24) is 5.16 Å². The Kier molecular flexibility index (Phi) is 1.98. The Labute approximate surface area is 66.8 Å². The summed E-state index contributed by atoms with van der Waals surface area (Å²) < 4.78 is 4.49. The number of carbonyl (C=O) groups is 1. The number of hydrogen-bond acceptors (Lipinski definition) is 4. The van der Waals surface area contributed by atoms with Gasteiger partial charge in [-0.2, -0.15) is 0 Å². The number of aromatic nitrogens is 1. The van der Waals surface area contributed by atoms with Crippen LogP contribution in [0.2, 0.25) is 0 Å². The molecular weight excluding hydrogens is 162 g/mol. The van der Waals surface area contributed by atoms with Crippen molar-refractivity contribution in [3.63, 3.8) is 0 Å². The van der Waals surface area contributed by atoms with Crippen molar-refractivity contribution < 1.29 is 9.32 Å². The summed E-state index contributed by atoms with van der Waals surface area (Å²) in [7, 11) is 0. The molecule has 12 heavy (non-hydrogen) atoms. The lowest BCUT2D eigenvalue weighted by Crippen LogP contribution is -1.98. The summed E-state index contributed by atoms with van der Waals surface area (Å²) in [4.78, 5) is 13.3. The first-order valence-electron chi connectivity index (χ1n) is 2.98. The molecule has 1 amide bonds. The monoisotopic (exact) mass is 167 g/mol. The molecule has 0 bridgehead atoms. The summed E-state index contributed by atoms with van der Waals surface area (Å²) in [6, 6.07) is 0. The van der Waals surface area contributed by atoms with Crippen LogP contribution < -0.4 is 5.73 Å². The normalized spacial score (nSPS) is 9.08. The number of aryl methyl sites for hydroxylation is 1. The molecule has 0 aliphatic carbocycles. The lowest BCUT2D eigenvalue weighted by atomic mass is 10.2. The Bertz CT molecular complexity index is 342. The maximum Gasteiger partial charge on any atom is 0.256 e. The molecule has 0 aliphatic rings. The fourth-order valence-corrected chi connectivity index (χ4v) is 0.738. The van der Waals surface area contributed by atoms with Crippen molar-refractivity contribution in [3.8, 4) is 0 Å². The van der Waals surface area contributed by atoms with Gasteiger partial charge in [0.25, 0.3) is 5.91 Å². The van der Waals surface area contributed by atoms with Gasteiger partial charge in [-0.15, -0.1) is 0 Å². The van der Waals surface area contributed by atoms with Crippen LogP contribution in [-0.2, 0) is 0 Å². The second kappa shape index (κ2) is 2.93. The van der Waals surface area contributed by atoms with E-state index >= 15 is 0 Å². The van der Waals surface area contributed by atoms with Gasteiger partial charge in [0.15, 0.2) is 0 Å². The fraction of sp³-hybridized carbons (Fsp3) is 0.200. The molecule has 0 saturated heterocycles. The third-order valence-electron chi connectivity index (χ3n) is 1.24. The molecule has 0 atom stereocenters. The van der Waals surface area contributed by atoms with E-state index in [1.807, 2.05) is 0 Å². The van der Waals surface area contributed by atoms with Crippen molar-refractivity contribution in [1.29, 1.82) is 0 Å². The van der Waals surface area contributed by atoms with E-state index in [2.05, 4.69) is 19.7 Å². The zero-order valence-electron chi connectivity index (χ0n) is 6.18. The average Bonchev–Trinajstić information content (AvgIpc) is 2.32. The Morgan fingerprint density at radius 3 is 2.92 bits per heavy atom. The lowest BCUT2D eigenvalue weighted by Gasteiger charge is -1.88. The maximum absolute atomic E-state index is 10.9. The van der Waals surface area contributed by atoms with E-state index in [-0.39, 0.29) is 11.4 Å². The van der Waals surface area contributed by atoms with Gasteiger partial charge < -0.3 is 10.3 Å². The number of carbonyl (C=O) groups excluding carboxylic acids is 1.